The largest absolute Gasteiger partial charge is 0.353 e. The summed E-state index contributed by atoms with van der Waals surface area (Å²) in [6.07, 6.45) is 5.06. The van der Waals surface area contributed by atoms with Gasteiger partial charge in [-0.25, -0.2) is 14.4 Å². The van der Waals surface area contributed by atoms with Crippen LogP contribution in [0.25, 0.3) is 10.9 Å². The Balaban J connectivity index is 2.14. The van der Waals surface area contributed by atoms with Crippen molar-refractivity contribution in [2.75, 3.05) is 11.4 Å². The molecule has 1 aromatic carbocycles. The quantitative estimate of drug-likeness (QED) is 0.772. The Bertz CT molecular complexity index is 570. The van der Waals surface area contributed by atoms with E-state index in [0.29, 0.717) is 11.6 Å². The lowest BCUT2D eigenvalue weighted by Crippen LogP contribution is -2.38. The van der Waals surface area contributed by atoms with Crippen molar-refractivity contribution in [2.24, 2.45) is 0 Å². The first kappa shape index (κ1) is 11.4. The molecule has 2 heterocycles. The van der Waals surface area contributed by atoms with E-state index in [0.717, 1.165) is 17.7 Å². The monoisotopic (exact) mass is 245 g/mol. The number of halogens is 1. The van der Waals surface area contributed by atoms with Crippen molar-refractivity contribution in [1.29, 1.82) is 0 Å². The highest BCUT2D eigenvalue weighted by atomic mass is 19.1. The second-order valence-electron chi connectivity index (χ2n) is 4.87. The van der Waals surface area contributed by atoms with Crippen molar-refractivity contribution < 1.29 is 4.39 Å². The summed E-state index contributed by atoms with van der Waals surface area (Å²) in [6, 6.07) is 5.52. The van der Waals surface area contributed by atoms with Gasteiger partial charge in [0, 0.05) is 18.0 Å². The van der Waals surface area contributed by atoms with Crippen LogP contribution in [0.1, 0.15) is 26.2 Å². The molecule has 0 N–H and O–H groups in total. The predicted octanol–water partition coefficient (Wildman–Crippen LogP) is 3.15. The molecule has 1 aliphatic heterocycles. The lowest BCUT2D eigenvalue weighted by atomic mass is 10.0. The van der Waals surface area contributed by atoms with Crippen LogP contribution in [0.15, 0.2) is 24.5 Å². The average molecular weight is 245 g/mol. The molecule has 0 radical (unpaired) electrons. The Kier molecular flexibility index (Phi) is 2.86. The number of piperidine rings is 1. The van der Waals surface area contributed by atoms with Gasteiger partial charge in [-0.1, -0.05) is 6.07 Å². The van der Waals surface area contributed by atoms with Gasteiger partial charge in [0.15, 0.2) is 0 Å². The molecule has 1 fully saturated rings. The zero-order chi connectivity index (χ0) is 12.5. The van der Waals surface area contributed by atoms with E-state index >= 15 is 0 Å². The molecule has 0 spiro atoms. The van der Waals surface area contributed by atoms with Gasteiger partial charge in [-0.15, -0.1) is 0 Å². The van der Waals surface area contributed by atoms with Crippen LogP contribution >= 0.6 is 0 Å². The third-order valence-corrected chi connectivity index (χ3v) is 3.67. The number of hydrogen-bond acceptors (Lipinski definition) is 3. The molecule has 94 valence electrons. The van der Waals surface area contributed by atoms with Crippen LogP contribution in [0.4, 0.5) is 10.2 Å². The SMILES string of the molecule is CC1CCCCN1c1ncnc2c(F)cccc12. The molecular weight excluding hydrogens is 229 g/mol. The summed E-state index contributed by atoms with van der Waals surface area (Å²) in [5.41, 5.74) is 0.417. The van der Waals surface area contributed by atoms with Crippen LogP contribution < -0.4 is 4.90 Å². The Hall–Kier alpha value is -1.71. The number of aromatic nitrogens is 2. The fraction of sp³-hybridized carbons (Fsp3) is 0.429. The first-order valence-electron chi connectivity index (χ1n) is 6.43. The second kappa shape index (κ2) is 4.52. The molecule has 1 saturated heterocycles. The lowest BCUT2D eigenvalue weighted by molar-refractivity contribution is 0.482. The van der Waals surface area contributed by atoms with Gasteiger partial charge in [0.25, 0.3) is 0 Å². The zero-order valence-corrected chi connectivity index (χ0v) is 10.4. The number of rotatable bonds is 1. The van der Waals surface area contributed by atoms with Crippen molar-refractivity contribution in [3.05, 3.63) is 30.3 Å². The smallest absolute Gasteiger partial charge is 0.149 e. The first-order chi connectivity index (χ1) is 8.77. The molecule has 0 amide bonds. The second-order valence-corrected chi connectivity index (χ2v) is 4.87. The molecule has 1 aromatic heterocycles. The van der Waals surface area contributed by atoms with E-state index in [1.54, 1.807) is 6.07 Å². The molecule has 2 aromatic rings. The van der Waals surface area contributed by atoms with Crippen LogP contribution in [-0.2, 0) is 0 Å². The van der Waals surface area contributed by atoms with E-state index in [1.807, 2.05) is 6.07 Å². The van der Waals surface area contributed by atoms with Crippen LogP contribution in [-0.4, -0.2) is 22.6 Å². The Morgan fingerprint density at radius 3 is 3.00 bits per heavy atom. The van der Waals surface area contributed by atoms with Gasteiger partial charge >= 0.3 is 0 Å². The highest BCUT2D eigenvalue weighted by Gasteiger charge is 2.21. The number of benzene rings is 1. The maximum Gasteiger partial charge on any atom is 0.149 e. The van der Waals surface area contributed by atoms with E-state index in [-0.39, 0.29) is 5.82 Å². The maximum absolute atomic E-state index is 13.7. The van der Waals surface area contributed by atoms with E-state index in [4.69, 9.17) is 0 Å². The minimum absolute atomic E-state index is 0.277. The minimum Gasteiger partial charge on any atom is -0.353 e. The molecule has 3 nitrogen and oxygen atoms in total. The van der Waals surface area contributed by atoms with Crippen LogP contribution in [0.3, 0.4) is 0 Å². The summed E-state index contributed by atoms with van der Waals surface area (Å²) in [5.74, 6) is 0.590. The maximum atomic E-state index is 13.7. The summed E-state index contributed by atoms with van der Waals surface area (Å²) in [7, 11) is 0. The van der Waals surface area contributed by atoms with Crippen molar-refractivity contribution in [1.82, 2.24) is 9.97 Å². The number of anilines is 1. The molecule has 0 saturated carbocycles. The van der Waals surface area contributed by atoms with E-state index < -0.39 is 0 Å². The number of fused-ring (bicyclic) bond motifs is 1. The molecule has 0 bridgehead atoms. The van der Waals surface area contributed by atoms with Crippen molar-refractivity contribution >= 4 is 16.7 Å². The van der Waals surface area contributed by atoms with E-state index in [9.17, 15) is 4.39 Å². The van der Waals surface area contributed by atoms with Crippen molar-refractivity contribution in [3.8, 4) is 0 Å². The van der Waals surface area contributed by atoms with E-state index in [1.165, 1.54) is 31.7 Å². The molecule has 3 rings (SSSR count). The molecular formula is C14H16FN3. The summed E-state index contributed by atoms with van der Waals surface area (Å²) in [6.45, 7) is 3.19. The molecule has 18 heavy (non-hydrogen) atoms. The minimum atomic E-state index is -0.277. The third-order valence-electron chi connectivity index (χ3n) is 3.67. The fourth-order valence-electron chi connectivity index (χ4n) is 2.68. The molecule has 4 heteroatoms. The van der Waals surface area contributed by atoms with Crippen molar-refractivity contribution in [2.45, 2.75) is 32.2 Å². The fourth-order valence-corrected chi connectivity index (χ4v) is 2.68. The Labute approximate surface area is 106 Å². The normalized spacial score (nSPS) is 20.3. The molecule has 1 aliphatic rings. The van der Waals surface area contributed by atoms with Crippen LogP contribution in [0.2, 0.25) is 0 Å². The van der Waals surface area contributed by atoms with Gasteiger partial charge in [0.1, 0.15) is 23.5 Å². The molecule has 0 aliphatic carbocycles. The third kappa shape index (κ3) is 1.82. The highest BCUT2D eigenvalue weighted by molar-refractivity contribution is 5.89. The van der Waals surface area contributed by atoms with Gasteiger partial charge in [0.2, 0.25) is 0 Å². The summed E-state index contributed by atoms with van der Waals surface area (Å²) in [5, 5.41) is 0.811. The van der Waals surface area contributed by atoms with Crippen molar-refractivity contribution in [3.63, 3.8) is 0 Å². The summed E-state index contributed by atoms with van der Waals surface area (Å²) < 4.78 is 13.7. The molecule has 1 atom stereocenters. The van der Waals surface area contributed by atoms with Gasteiger partial charge in [-0.3, -0.25) is 0 Å². The number of hydrogen-bond donors (Lipinski definition) is 0. The summed E-state index contributed by atoms with van der Waals surface area (Å²) in [4.78, 5) is 10.7. The van der Waals surface area contributed by atoms with Gasteiger partial charge in [0.05, 0.1) is 0 Å². The Morgan fingerprint density at radius 1 is 1.28 bits per heavy atom. The number of nitrogens with zero attached hydrogens (tertiary/aromatic N) is 3. The van der Waals surface area contributed by atoms with Crippen LogP contribution in [0.5, 0.6) is 0 Å². The predicted molar refractivity (Wildman–Crippen MR) is 70.2 cm³/mol. The standard InChI is InChI=1S/C14H16FN3/c1-10-5-2-3-8-18(10)14-11-6-4-7-12(15)13(11)16-9-17-14/h4,6-7,9-10H,2-3,5,8H2,1H3. The first-order valence-corrected chi connectivity index (χ1v) is 6.43. The lowest BCUT2D eigenvalue weighted by Gasteiger charge is -2.34. The van der Waals surface area contributed by atoms with Gasteiger partial charge < -0.3 is 4.90 Å². The van der Waals surface area contributed by atoms with Gasteiger partial charge in [-0.2, -0.15) is 0 Å². The Morgan fingerprint density at radius 2 is 2.17 bits per heavy atom. The molecule has 1 unspecified atom stereocenters. The number of para-hydroxylation sites is 1. The van der Waals surface area contributed by atoms with Gasteiger partial charge in [-0.05, 0) is 38.3 Å². The van der Waals surface area contributed by atoms with E-state index in [2.05, 4.69) is 21.8 Å². The average Bonchev–Trinajstić information content (AvgIpc) is 2.40. The van der Waals surface area contributed by atoms with Crippen LogP contribution in [0, 0.1) is 5.82 Å². The highest BCUT2D eigenvalue weighted by Crippen LogP contribution is 2.29. The topological polar surface area (TPSA) is 29.0 Å². The summed E-state index contributed by atoms with van der Waals surface area (Å²) >= 11 is 0. The zero-order valence-electron chi connectivity index (χ0n) is 10.4.